The van der Waals surface area contributed by atoms with Crippen molar-refractivity contribution >= 4 is 23.7 Å². The highest BCUT2D eigenvalue weighted by atomic mass is 19.4. The number of carbonyl (C=O) groups excluding carboxylic acids is 4. The van der Waals surface area contributed by atoms with Crippen LogP contribution in [0.3, 0.4) is 0 Å². The number of nitrogens with one attached hydrogen (secondary N) is 2. The van der Waals surface area contributed by atoms with Gasteiger partial charge in [-0.3, -0.25) is 19.8 Å². The summed E-state index contributed by atoms with van der Waals surface area (Å²) in [6.07, 6.45) is -1.08. The van der Waals surface area contributed by atoms with Gasteiger partial charge in [-0.2, -0.15) is 13.2 Å². The predicted octanol–water partition coefficient (Wildman–Crippen LogP) is 4.12. The second-order valence-corrected chi connectivity index (χ2v) is 8.32. The number of aromatic amines is 1. The first-order valence-electron chi connectivity index (χ1n) is 12.1. The van der Waals surface area contributed by atoms with Gasteiger partial charge in [-0.1, -0.05) is 37.6 Å². The summed E-state index contributed by atoms with van der Waals surface area (Å²) in [5.74, 6) is -2.62. The maximum atomic E-state index is 13.4. The first-order valence-corrected chi connectivity index (χ1v) is 12.1. The number of primary amides is 1. The van der Waals surface area contributed by atoms with Gasteiger partial charge in [-0.15, -0.1) is 0 Å². The Kier molecular flexibility index (Phi) is 11.1. The monoisotopic (exact) mass is 536 g/mol. The predicted molar refractivity (Wildman–Crippen MR) is 133 cm³/mol. The minimum Gasteiger partial charge on any atom is -0.463 e. The molecule has 0 saturated carbocycles. The van der Waals surface area contributed by atoms with E-state index in [0.29, 0.717) is 12.8 Å². The Balaban J connectivity index is 2.37. The summed E-state index contributed by atoms with van der Waals surface area (Å²) in [5.41, 5.74) is 6.66. The van der Waals surface area contributed by atoms with Crippen molar-refractivity contribution in [3.05, 3.63) is 59.8 Å². The summed E-state index contributed by atoms with van der Waals surface area (Å²) in [7, 11) is 0. The van der Waals surface area contributed by atoms with Gasteiger partial charge >= 0.3 is 12.1 Å². The van der Waals surface area contributed by atoms with Gasteiger partial charge in [0.1, 0.15) is 5.69 Å². The molecule has 1 heterocycles. The molecule has 1 atom stereocenters. The SMILES string of the molecule is CCCCC(=O)N(NC(=O)c1ccc(-c2ccccc2C(F)(F)F)[nH]1)[C@H](C=CC(=O)OCC)CCC(N)=O. The van der Waals surface area contributed by atoms with Crippen LogP contribution in [0.5, 0.6) is 0 Å². The average Bonchev–Trinajstić information content (AvgIpc) is 3.36. The van der Waals surface area contributed by atoms with Crippen molar-refractivity contribution in [1.29, 1.82) is 0 Å². The molecule has 0 spiro atoms. The zero-order valence-corrected chi connectivity index (χ0v) is 21.1. The Morgan fingerprint density at radius 2 is 1.82 bits per heavy atom. The number of carbonyl (C=O) groups is 4. The molecule has 1 aromatic heterocycles. The number of hydrogen-bond acceptors (Lipinski definition) is 5. The number of hydrogen-bond donors (Lipinski definition) is 3. The number of hydrazine groups is 1. The van der Waals surface area contributed by atoms with Crippen LogP contribution in [0.15, 0.2) is 48.6 Å². The number of nitrogens with two attached hydrogens (primary N) is 1. The Hall–Kier alpha value is -4.09. The Morgan fingerprint density at radius 3 is 2.45 bits per heavy atom. The number of benzene rings is 1. The summed E-state index contributed by atoms with van der Waals surface area (Å²) in [5, 5.41) is 1.00. The third-order valence-corrected chi connectivity index (χ3v) is 5.45. The summed E-state index contributed by atoms with van der Waals surface area (Å²) in [6, 6.07) is 6.60. The number of nitrogens with zero attached hydrogens (tertiary/aromatic N) is 1. The number of H-pyrrole nitrogens is 1. The fraction of sp³-hybridized carbons (Fsp3) is 0.385. The van der Waals surface area contributed by atoms with Gasteiger partial charge in [0.15, 0.2) is 0 Å². The lowest BCUT2D eigenvalue weighted by molar-refractivity contribution is -0.138. The van der Waals surface area contributed by atoms with E-state index in [1.165, 1.54) is 36.4 Å². The van der Waals surface area contributed by atoms with E-state index in [2.05, 4.69) is 10.4 Å². The molecule has 9 nitrogen and oxygen atoms in total. The number of rotatable bonds is 12. The van der Waals surface area contributed by atoms with Crippen molar-refractivity contribution in [2.45, 2.75) is 58.2 Å². The second kappa shape index (κ2) is 14.0. The highest BCUT2D eigenvalue weighted by Gasteiger charge is 2.34. The molecule has 0 saturated heterocycles. The first kappa shape index (κ1) is 30.1. The van der Waals surface area contributed by atoms with Crippen LogP contribution < -0.4 is 11.2 Å². The van der Waals surface area contributed by atoms with Crippen LogP contribution in [0.2, 0.25) is 0 Å². The standard InChI is InChI=1S/C26H31F3N4O5/c1-3-5-10-23(35)33(17(11-15-22(30)34)12-16-24(36)38-4-2)32-25(37)21-14-13-20(31-21)18-8-6-7-9-19(18)26(27,28)29/h6-9,12-14,16-17,31H,3-5,10-11,15H2,1-2H3,(H2,30,34)(H,32,37)/t17-/m0/s1. The highest BCUT2D eigenvalue weighted by molar-refractivity contribution is 5.95. The largest absolute Gasteiger partial charge is 0.463 e. The molecule has 1 aromatic carbocycles. The van der Waals surface area contributed by atoms with E-state index in [1.807, 2.05) is 6.92 Å². The zero-order valence-electron chi connectivity index (χ0n) is 21.1. The van der Waals surface area contributed by atoms with Gasteiger partial charge in [0, 0.05) is 30.2 Å². The molecule has 0 aliphatic carbocycles. The quantitative estimate of drug-likeness (QED) is 0.213. The fourth-order valence-corrected chi connectivity index (χ4v) is 3.58. The molecule has 0 fully saturated rings. The van der Waals surface area contributed by atoms with E-state index >= 15 is 0 Å². The Labute approximate surface area is 218 Å². The van der Waals surface area contributed by atoms with Crippen LogP contribution in [0.25, 0.3) is 11.3 Å². The smallest absolute Gasteiger partial charge is 0.417 e. The molecule has 0 aliphatic heterocycles. The Morgan fingerprint density at radius 1 is 1.11 bits per heavy atom. The lowest BCUT2D eigenvalue weighted by atomic mass is 10.0. The maximum absolute atomic E-state index is 13.4. The molecule has 0 radical (unpaired) electrons. The van der Waals surface area contributed by atoms with E-state index < -0.39 is 41.5 Å². The molecular formula is C26H31F3N4O5. The van der Waals surface area contributed by atoms with E-state index in [-0.39, 0.29) is 42.8 Å². The molecule has 2 aromatic rings. The summed E-state index contributed by atoms with van der Waals surface area (Å²) in [4.78, 5) is 52.0. The van der Waals surface area contributed by atoms with Gasteiger partial charge in [0.25, 0.3) is 5.91 Å². The third-order valence-electron chi connectivity index (χ3n) is 5.45. The zero-order chi connectivity index (χ0) is 28.3. The van der Waals surface area contributed by atoms with Gasteiger partial charge in [0.05, 0.1) is 18.2 Å². The number of halogens is 3. The van der Waals surface area contributed by atoms with Crippen molar-refractivity contribution in [3.63, 3.8) is 0 Å². The topological polar surface area (TPSA) is 135 Å². The normalized spacial score (nSPS) is 12.2. The van der Waals surface area contributed by atoms with Gasteiger partial charge < -0.3 is 15.5 Å². The van der Waals surface area contributed by atoms with Crippen molar-refractivity contribution in [1.82, 2.24) is 15.4 Å². The van der Waals surface area contributed by atoms with Crippen molar-refractivity contribution in [2.75, 3.05) is 6.61 Å². The van der Waals surface area contributed by atoms with Crippen molar-refractivity contribution < 1.29 is 37.1 Å². The fourth-order valence-electron chi connectivity index (χ4n) is 3.58. The van der Waals surface area contributed by atoms with Gasteiger partial charge in [-0.25, -0.2) is 9.80 Å². The number of amides is 3. The maximum Gasteiger partial charge on any atom is 0.417 e. The molecule has 2 rings (SSSR count). The number of ether oxygens (including phenoxy) is 1. The van der Waals surface area contributed by atoms with Crippen LogP contribution in [-0.2, 0) is 25.3 Å². The molecule has 206 valence electrons. The van der Waals surface area contributed by atoms with E-state index in [0.717, 1.165) is 17.2 Å². The lowest BCUT2D eigenvalue weighted by Gasteiger charge is -2.30. The average molecular weight is 537 g/mol. The van der Waals surface area contributed by atoms with Gasteiger partial charge in [-0.05, 0) is 38.0 Å². The highest BCUT2D eigenvalue weighted by Crippen LogP contribution is 2.36. The number of aromatic nitrogens is 1. The molecule has 0 bridgehead atoms. The molecule has 12 heteroatoms. The summed E-state index contributed by atoms with van der Waals surface area (Å²) >= 11 is 0. The molecule has 3 amide bonds. The van der Waals surface area contributed by atoms with E-state index in [9.17, 15) is 32.3 Å². The molecule has 0 aliphatic rings. The van der Waals surface area contributed by atoms with Crippen LogP contribution in [0.1, 0.15) is 62.0 Å². The van der Waals surface area contributed by atoms with Crippen molar-refractivity contribution in [3.8, 4) is 11.3 Å². The lowest BCUT2D eigenvalue weighted by Crippen LogP contribution is -2.51. The number of alkyl halides is 3. The van der Waals surface area contributed by atoms with Crippen molar-refractivity contribution in [2.24, 2.45) is 5.73 Å². The van der Waals surface area contributed by atoms with E-state index in [1.54, 1.807) is 6.92 Å². The number of esters is 1. The van der Waals surface area contributed by atoms with Crippen LogP contribution in [-0.4, -0.2) is 46.3 Å². The Bertz CT molecular complexity index is 1160. The minimum atomic E-state index is -4.61. The molecular weight excluding hydrogens is 505 g/mol. The van der Waals surface area contributed by atoms with Crippen LogP contribution >= 0.6 is 0 Å². The molecule has 0 unspecified atom stereocenters. The van der Waals surface area contributed by atoms with Gasteiger partial charge in [0.2, 0.25) is 11.8 Å². The van der Waals surface area contributed by atoms with Crippen LogP contribution in [0, 0.1) is 0 Å². The summed E-state index contributed by atoms with van der Waals surface area (Å²) in [6.45, 7) is 3.62. The molecule has 4 N–H and O–H groups in total. The van der Waals surface area contributed by atoms with E-state index in [4.69, 9.17) is 10.5 Å². The number of unbranched alkanes of at least 4 members (excludes halogenated alkanes) is 1. The minimum absolute atomic E-state index is 0.00167. The third kappa shape index (κ3) is 8.79. The summed E-state index contributed by atoms with van der Waals surface area (Å²) < 4.78 is 45.2. The van der Waals surface area contributed by atoms with Crippen LogP contribution in [0.4, 0.5) is 13.2 Å². The first-order chi connectivity index (χ1) is 18.0. The second-order valence-electron chi connectivity index (χ2n) is 8.32. The molecule has 38 heavy (non-hydrogen) atoms.